The number of carboxylic acid groups (broad SMARTS) is 1. The van der Waals surface area contributed by atoms with Crippen molar-refractivity contribution >= 4 is 22.4 Å². The van der Waals surface area contributed by atoms with Crippen LogP contribution in [0.4, 0.5) is 5.13 Å². The highest BCUT2D eigenvalue weighted by molar-refractivity contribution is 7.13. The van der Waals surface area contributed by atoms with Gasteiger partial charge >= 0.3 is 5.97 Å². The van der Waals surface area contributed by atoms with E-state index in [1.54, 1.807) is 13.8 Å². The van der Waals surface area contributed by atoms with Crippen LogP contribution in [-0.2, 0) is 10.2 Å². The average molecular weight is 256 g/mol. The first-order valence-electron chi connectivity index (χ1n) is 5.87. The van der Waals surface area contributed by atoms with Crippen LogP contribution in [0.3, 0.4) is 0 Å². The predicted octanol–water partition coefficient (Wildman–Crippen LogP) is 2.74. The highest BCUT2D eigenvalue weighted by Crippen LogP contribution is 2.29. The van der Waals surface area contributed by atoms with Crippen molar-refractivity contribution in [3.8, 4) is 0 Å². The number of carbonyl (C=O) groups is 1. The lowest BCUT2D eigenvalue weighted by Gasteiger charge is -2.19. The molecule has 1 aromatic heterocycles. The van der Waals surface area contributed by atoms with Gasteiger partial charge in [0.2, 0.25) is 0 Å². The van der Waals surface area contributed by atoms with Gasteiger partial charge in [0.25, 0.3) is 0 Å². The lowest BCUT2D eigenvalue weighted by molar-refractivity contribution is -0.142. The monoisotopic (exact) mass is 256 g/mol. The molecule has 0 bridgehead atoms. The van der Waals surface area contributed by atoms with E-state index in [1.807, 2.05) is 5.38 Å². The molecular formula is C12H20N2O2S. The van der Waals surface area contributed by atoms with E-state index in [0.717, 1.165) is 24.6 Å². The molecule has 1 heterocycles. The second-order valence-corrected chi connectivity index (χ2v) is 5.36. The maximum atomic E-state index is 11.1. The van der Waals surface area contributed by atoms with Crippen molar-refractivity contribution in [3.05, 3.63) is 11.1 Å². The Morgan fingerprint density at radius 3 is 2.65 bits per heavy atom. The van der Waals surface area contributed by atoms with Gasteiger partial charge in [0.1, 0.15) is 5.41 Å². The third kappa shape index (κ3) is 2.97. The minimum atomic E-state index is -0.916. The van der Waals surface area contributed by atoms with Crippen LogP contribution in [0, 0.1) is 0 Å². The van der Waals surface area contributed by atoms with Gasteiger partial charge in [-0.15, -0.1) is 11.3 Å². The molecule has 0 amide bonds. The van der Waals surface area contributed by atoms with E-state index in [2.05, 4.69) is 23.7 Å². The molecule has 0 radical (unpaired) electrons. The molecule has 5 heteroatoms. The van der Waals surface area contributed by atoms with Gasteiger partial charge in [-0.25, -0.2) is 4.98 Å². The number of anilines is 1. The van der Waals surface area contributed by atoms with Crippen LogP contribution < -0.4 is 4.90 Å². The van der Waals surface area contributed by atoms with Crippen molar-refractivity contribution in [1.82, 2.24) is 4.98 Å². The molecule has 0 unspecified atom stereocenters. The number of hydrogen-bond donors (Lipinski definition) is 1. The maximum Gasteiger partial charge on any atom is 0.315 e. The molecule has 0 fully saturated rings. The Morgan fingerprint density at radius 2 is 2.18 bits per heavy atom. The molecule has 0 atom stereocenters. The molecule has 1 N–H and O–H groups in total. The number of thiazole rings is 1. The van der Waals surface area contributed by atoms with Gasteiger partial charge in [-0.2, -0.15) is 0 Å². The number of aliphatic carboxylic acids is 1. The summed E-state index contributed by atoms with van der Waals surface area (Å²) in [4.78, 5) is 17.8. The first kappa shape index (κ1) is 14.0. The normalized spacial score (nSPS) is 11.5. The molecule has 1 aromatic rings. The van der Waals surface area contributed by atoms with Crippen LogP contribution in [0.5, 0.6) is 0 Å². The summed E-state index contributed by atoms with van der Waals surface area (Å²) >= 11 is 1.52. The van der Waals surface area contributed by atoms with Crippen LogP contribution in [0.25, 0.3) is 0 Å². The molecule has 0 aliphatic heterocycles. The van der Waals surface area contributed by atoms with E-state index in [9.17, 15) is 4.79 Å². The molecule has 17 heavy (non-hydrogen) atoms. The Bertz CT molecular complexity index is 388. The third-order valence-corrected chi connectivity index (χ3v) is 3.71. The Hall–Kier alpha value is -1.10. The van der Waals surface area contributed by atoms with E-state index >= 15 is 0 Å². The number of rotatable bonds is 6. The van der Waals surface area contributed by atoms with Crippen LogP contribution in [0.15, 0.2) is 5.38 Å². The van der Waals surface area contributed by atoms with Gasteiger partial charge in [-0.3, -0.25) is 4.79 Å². The number of carboxylic acids is 1. The van der Waals surface area contributed by atoms with E-state index in [4.69, 9.17) is 5.11 Å². The van der Waals surface area contributed by atoms with Gasteiger partial charge in [0.05, 0.1) is 5.69 Å². The van der Waals surface area contributed by atoms with Crippen molar-refractivity contribution in [3.63, 3.8) is 0 Å². The Kier molecular flexibility index (Phi) is 4.51. The first-order chi connectivity index (χ1) is 7.93. The summed E-state index contributed by atoms with van der Waals surface area (Å²) in [6.07, 6.45) is 1.06. The Balaban J connectivity index is 2.94. The van der Waals surface area contributed by atoms with Crippen LogP contribution >= 0.6 is 11.3 Å². The van der Waals surface area contributed by atoms with Crippen molar-refractivity contribution < 1.29 is 9.90 Å². The van der Waals surface area contributed by atoms with Crippen LogP contribution in [0.2, 0.25) is 0 Å². The fourth-order valence-electron chi connectivity index (χ4n) is 1.47. The zero-order valence-electron chi connectivity index (χ0n) is 10.9. The van der Waals surface area contributed by atoms with E-state index in [1.165, 1.54) is 11.3 Å². The summed E-state index contributed by atoms with van der Waals surface area (Å²) in [5.41, 5.74) is -0.278. The molecule has 0 saturated carbocycles. The second-order valence-electron chi connectivity index (χ2n) is 4.53. The zero-order chi connectivity index (χ0) is 13.1. The average Bonchev–Trinajstić information content (AvgIpc) is 2.75. The Labute approximate surface area is 106 Å². The molecule has 96 valence electrons. The first-order valence-corrected chi connectivity index (χ1v) is 6.75. The number of nitrogens with zero attached hydrogens (tertiary/aromatic N) is 2. The fourth-order valence-corrected chi connectivity index (χ4v) is 2.55. The highest BCUT2D eigenvalue weighted by Gasteiger charge is 2.32. The minimum Gasteiger partial charge on any atom is -0.481 e. The lowest BCUT2D eigenvalue weighted by Crippen LogP contribution is -2.29. The van der Waals surface area contributed by atoms with Crippen molar-refractivity contribution in [2.45, 2.75) is 39.5 Å². The summed E-state index contributed by atoms with van der Waals surface area (Å²) < 4.78 is 0. The van der Waals surface area contributed by atoms with E-state index in [0.29, 0.717) is 5.69 Å². The third-order valence-electron chi connectivity index (χ3n) is 2.81. The second kappa shape index (κ2) is 5.49. The summed E-state index contributed by atoms with van der Waals surface area (Å²) in [6.45, 7) is 9.43. The van der Waals surface area contributed by atoms with Crippen molar-refractivity contribution in [2.75, 3.05) is 18.0 Å². The topological polar surface area (TPSA) is 53.4 Å². The summed E-state index contributed by atoms with van der Waals surface area (Å²) in [5, 5.41) is 11.9. The lowest BCUT2D eigenvalue weighted by atomic mass is 9.90. The molecule has 0 saturated heterocycles. The van der Waals surface area contributed by atoms with Gasteiger partial charge < -0.3 is 10.0 Å². The standard InChI is InChI=1S/C12H20N2O2S/c1-5-7-14(6-2)11-13-9(8-17-11)12(3,4)10(15)16/h8H,5-7H2,1-4H3,(H,15,16). The SMILES string of the molecule is CCCN(CC)c1nc(C(C)(C)C(=O)O)cs1. The molecule has 0 spiro atoms. The molecule has 0 aliphatic carbocycles. The predicted molar refractivity (Wildman–Crippen MR) is 71.0 cm³/mol. The van der Waals surface area contributed by atoms with E-state index in [-0.39, 0.29) is 0 Å². The van der Waals surface area contributed by atoms with Gasteiger partial charge in [0, 0.05) is 18.5 Å². The molecule has 4 nitrogen and oxygen atoms in total. The number of hydrogen-bond acceptors (Lipinski definition) is 4. The van der Waals surface area contributed by atoms with Crippen molar-refractivity contribution in [1.29, 1.82) is 0 Å². The number of aromatic nitrogens is 1. The van der Waals surface area contributed by atoms with Gasteiger partial charge in [0.15, 0.2) is 5.13 Å². The van der Waals surface area contributed by atoms with Crippen LogP contribution in [-0.4, -0.2) is 29.1 Å². The smallest absolute Gasteiger partial charge is 0.315 e. The molecule has 1 rings (SSSR count). The fraction of sp³-hybridized carbons (Fsp3) is 0.667. The quantitative estimate of drug-likeness (QED) is 0.850. The minimum absolute atomic E-state index is 0.638. The van der Waals surface area contributed by atoms with E-state index < -0.39 is 11.4 Å². The largest absolute Gasteiger partial charge is 0.481 e. The summed E-state index contributed by atoms with van der Waals surface area (Å²) in [5.74, 6) is -0.840. The van der Waals surface area contributed by atoms with Crippen LogP contribution in [0.1, 0.15) is 39.8 Å². The Morgan fingerprint density at radius 1 is 1.53 bits per heavy atom. The molecule has 0 aromatic carbocycles. The maximum absolute atomic E-state index is 11.1. The highest BCUT2D eigenvalue weighted by atomic mass is 32.1. The van der Waals surface area contributed by atoms with Crippen molar-refractivity contribution in [2.24, 2.45) is 0 Å². The van der Waals surface area contributed by atoms with Gasteiger partial charge in [-0.05, 0) is 27.2 Å². The molecular weight excluding hydrogens is 236 g/mol. The zero-order valence-corrected chi connectivity index (χ0v) is 11.7. The summed E-state index contributed by atoms with van der Waals surface area (Å²) in [6, 6.07) is 0. The summed E-state index contributed by atoms with van der Waals surface area (Å²) in [7, 11) is 0. The van der Waals surface area contributed by atoms with Gasteiger partial charge in [-0.1, -0.05) is 6.92 Å². The molecule has 0 aliphatic rings.